The first kappa shape index (κ1) is 13.2. The van der Waals surface area contributed by atoms with E-state index in [1.807, 2.05) is 0 Å². The van der Waals surface area contributed by atoms with E-state index < -0.39 is 36.1 Å². The van der Waals surface area contributed by atoms with Gasteiger partial charge in [0.25, 0.3) is 6.43 Å². The molecule has 92 valence electrons. The topological polar surface area (TPSA) is 62.7 Å². The molecule has 0 amide bonds. The Morgan fingerprint density at radius 2 is 2.00 bits per heavy atom. The smallest absolute Gasteiger partial charge is 0.398 e. The molecule has 0 atom stereocenters. The van der Waals surface area contributed by atoms with Crippen LogP contribution in [0.5, 0.6) is 0 Å². The molecule has 2 N–H and O–H groups in total. The molecule has 8 heteroatoms. The van der Waals surface area contributed by atoms with Gasteiger partial charge in [-0.05, 0) is 6.07 Å². The van der Waals surface area contributed by atoms with Crippen LogP contribution in [-0.2, 0) is 12.6 Å². The molecule has 1 aromatic heterocycles. The molecule has 1 aromatic rings. The standard InChI is InChI=1S/C9H6F5N3/c10-8(11)7-4(1-2-15)5(16)3-6(17-7)9(12,13)14/h3,8H,1H2,(H2,16,17). The summed E-state index contributed by atoms with van der Waals surface area (Å²) >= 11 is 0. The first-order valence-electron chi connectivity index (χ1n) is 4.29. The van der Waals surface area contributed by atoms with Crippen LogP contribution in [0.3, 0.4) is 0 Å². The number of halogens is 5. The van der Waals surface area contributed by atoms with Gasteiger partial charge in [0.05, 0.1) is 12.5 Å². The average molecular weight is 251 g/mol. The highest BCUT2D eigenvalue weighted by Gasteiger charge is 2.35. The van der Waals surface area contributed by atoms with E-state index in [0.717, 1.165) is 0 Å². The molecule has 0 fully saturated rings. The van der Waals surface area contributed by atoms with Gasteiger partial charge >= 0.3 is 6.18 Å². The molecular weight excluding hydrogens is 245 g/mol. The van der Waals surface area contributed by atoms with Crippen molar-refractivity contribution in [2.75, 3.05) is 5.73 Å². The van der Waals surface area contributed by atoms with E-state index in [1.165, 1.54) is 0 Å². The molecule has 0 aliphatic rings. The Morgan fingerprint density at radius 1 is 1.41 bits per heavy atom. The third-order valence-corrected chi connectivity index (χ3v) is 1.94. The van der Waals surface area contributed by atoms with Gasteiger partial charge in [0, 0.05) is 11.3 Å². The van der Waals surface area contributed by atoms with Crippen molar-refractivity contribution in [2.24, 2.45) is 0 Å². The number of nitrogens with zero attached hydrogens (tertiary/aromatic N) is 2. The van der Waals surface area contributed by atoms with Crippen molar-refractivity contribution in [3.63, 3.8) is 0 Å². The van der Waals surface area contributed by atoms with Gasteiger partial charge in [-0.15, -0.1) is 0 Å². The van der Waals surface area contributed by atoms with E-state index in [4.69, 9.17) is 11.0 Å². The van der Waals surface area contributed by atoms with Gasteiger partial charge in [0.15, 0.2) is 0 Å². The van der Waals surface area contributed by atoms with Crippen molar-refractivity contribution >= 4 is 5.69 Å². The minimum Gasteiger partial charge on any atom is -0.398 e. The van der Waals surface area contributed by atoms with Crippen LogP contribution in [0.25, 0.3) is 0 Å². The number of aromatic nitrogens is 1. The fourth-order valence-electron chi connectivity index (χ4n) is 1.21. The van der Waals surface area contributed by atoms with Crippen LogP contribution >= 0.6 is 0 Å². The number of alkyl halides is 5. The number of hydrogen-bond acceptors (Lipinski definition) is 3. The number of pyridine rings is 1. The highest BCUT2D eigenvalue weighted by molar-refractivity contribution is 5.52. The first-order valence-corrected chi connectivity index (χ1v) is 4.29. The summed E-state index contributed by atoms with van der Waals surface area (Å²) in [6.07, 6.45) is -8.59. The Labute approximate surface area is 92.7 Å². The molecule has 3 nitrogen and oxygen atoms in total. The molecule has 0 saturated carbocycles. The van der Waals surface area contributed by atoms with Gasteiger partial charge in [-0.3, -0.25) is 0 Å². The largest absolute Gasteiger partial charge is 0.433 e. The predicted octanol–water partition coefficient (Wildman–Crippen LogP) is 2.69. The van der Waals surface area contributed by atoms with Gasteiger partial charge in [-0.2, -0.15) is 18.4 Å². The zero-order chi connectivity index (χ0) is 13.2. The Hall–Kier alpha value is -1.91. The van der Waals surface area contributed by atoms with E-state index in [9.17, 15) is 22.0 Å². The molecule has 0 aliphatic heterocycles. The van der Waals surface area contributed by atoms with Crippen LogP contribution < -0.4 is 5.73 Å². The number of nitrogen functional groups attached to an aromatic ring is 1. The summed E-state index contributed by atoms with van der Waals surface area (Å²) < 4.78 is 61.9. The van der Waals surface area contributed by atoms with Gasteiger partial charge in [-0.1, -0.05) is 0 Å². The van der Waals surface area contributed by atoms with E-state index in [0.29, 0.717) is 6.07 Å². The second-order valence-electron chi connectivity index (χ2n) is 3.09. The van der Waals surface area contributed by atoms with Crippen molar-refractivity contribution in [3.05, 3.63) is 23.0 Å². The maximum absolute atomic E-state index is 12.5. The Balaban J connectivity index is 3.42. The molecule has 1 rings (SSSR count). The van der Waals surface area contributed by atoms with Gasteiger partial charge in [-0.25, -0.2) is 13.8 Å². The molecule has 0 aliphatic carbocycles. The van der Waals surface area contributed by atoms with Crippen LogP contribution in [0.1, 0.15) is 23.4 Å². The molecular formula is C9H6F5N3. The van der Waals surface area contributed by atoms with Crippen molar-refractivity contribution < 1.29 is 22.0 Å². The predicted molar refractivity (Wildman–Crippen MR) is 47.9 cm³/mol. The van der Waals surface area contributed by atoms with Crippen molar-refractivity contribution in [1.29, 1.82) is 5.26 Å². The zero-order valence-electron chi connectivity index (χ0n) is 8.22. The molecule has 0 saturated heterocycles. The second-order valence-corrected chi connectivity index (χ2v) is 3.09. The Kier molecular flexibility index (Phi) is 3.50. The maximum Gasteiger partial charge on any atom is 0.433 e. The van der Waals surface area contributed by atoms with Crippen LogP contribution in [0.2, 0.25) is 0 Å². The zero-order valence-corrected chi connectivity index (χ0v) is 8.22. The van der Waals surface area contributed by atoms with Crippen molar-refractivity contribution in [1.82, 2.24) is 4.98 Å². The Bertz CT molecular complexity index is 461. The summed E-state index contributed by atoms with van der Waals surface area (Å²) in [5, 5.41) is 8.38. The van der Waals surface area contributed by atoms with Gasteiger partial charge < -0.3 is 5.73 Å². The van der Waals surface area contributed by atoms with Crippen LogP contribution in [0.15, 0.2) is 6.07 Å². The number of nitrogens with two attached hydrogens (primary N) is 1. The van der Waals surface area contributed by atoms with E-state index in [-0.39, 0.29) is 5.56 Å². The highest BCUT2D eigenvalue weighted by atomic mass is 19.4. The summed E-state index contributed by atoms with van der Waals surface area (Å²) in [7, 11) is 0. The minimum absolute atomic E-state index is 0.365. The lowest BCUT2D eigenvalue weighted by Gasteiger charge is -2.13. The van der Waals surface area contributed by atoms with Crippen LogP contribution in [0.4, 0.5) is 27.6 Å². The molecule has 17 heavy (non-hydrogen) atoms. The van der Waals surface area contributed by atoms with Gasteiger partial charge in [0.1, 0.15) is 11.4 Å². The summed E-state index contributed by atoms with van der Waals surface area (Å²) in [5.41, 5.74) is 1.75. The summed E-state index contributed by atoms with van der Waals surface area (Å²) in [4.78, 5) is 2.82. The summed E-state index contributed by atoms with van der Waals surface area (Å²) in [6, 6.07) is 1.99. The van der Waals surface area contributed by atoms with E-state index >= 15 is 0 Å². The second kappa shape index (κ2) is 4.53. The lowest BCUT2D eigenvalue weighted by Crippen LogP contribution is -2.13. The van der Waals surface area contributed by atoms with Crippen molar-refractivity contribution in [2.45, 2.75) is 19.0 Å². The van der Waals surface area contributed by atoms with Crippen LogP contribution in [-0.4, -0.2) is 4.98 Å². The number of nitriles is 1. The third-order valence-electron chi connectivity index (χ3n) is 1.94. The fourth-order valence-corrected chi connectivity index (χ4v) is 1.21. The normalized spacial score (nSPS) is 11.6. The number of hydrogen-bond donors (Lipinski definition) is 1. The Morgan fingerprint density at radius 3 is 2.41 bits per heavy atom. The van der Waals surface area contributed by atoms with E-state index in [2.05, 4.69) is 4.98 Å². The summed E-state index contributed by atoms with van der Waals surface area (Å²) in [6.45, 7) is 0. The third kappa shape index (κ3) is 2.81. The maximum atomic E-state index is 12.5. The van der Waals surface area contributed by atoms with Crippen molar-refractivity contribution in [3.8, 4) is 6.07 Å². The number of rotatable bonds is 2. The first-order chi connectivity index (χ1) is 7.77. The highest BCUT2D eigenvalue weighted by Crippen LogP contribution is 2.33. The molecule has 0 spiro atoms. The van der Waals surface area contributed by atoms with Crippen LogP contribution in [0, 0.1) is 11.3 Å². The molecule has 0 bridgehead atoms. The molecule has 1 heterocycles. The SMILES string of the molecule is N#CCc1c(N)cc(C(F)(F)F)nc1C(F)F. The summed E-state index contributed by atoms with van der Waals surface area (Å²) in [5.74, 6) is 0. The minimum atomic E-state index is -4.86. The number of anilines is 1. The van der Waals surface area contributed by atoms with Gasteiger partial charge in [0.2, 0.25) is 0 Å². The fraction of sp³-hybridized carbons (Fsp3) is 0.333. The molecule has 0 radical (unpaired) electrons. The monoisotopic (exact) mass is 251 g/mol. The molecule has 0 unspecified atom stereocenters. The molecule has 0 aromatic carbocycles. The quantitative estimate of drug-likeness (QED) is 0.822. The lowest BCUT2D eigenvalue weighted by atomic mass is 10.1. The van der Waals surface area contributed by atoms with E-state index in [1.54, 1.807) is 6.07 Å². The lowest BCUT2D eigenvalue weighted by molar-refractivity contribution is -0.141. The average Bonchev–Trinajstić information content (AvgIpc) is 2.18.